The molecular formula is C33H22BrNO3. The van der Waals surface area contributed by atoms with E-state index in [9.17, 15) is 14.4 Å². The molecule has 1 saturated heterocycles. The topological polar surface area (TPSA) is 54.5 Å². The Morgan fingerprint density at radius 2 is 1.34 bits per heavy atom. The molecule has 4 aromatic rings. The van der Waals surface area contributed by atoms with Crippen molar-refractivity contribution in [3.05, 3.63) is 141 Å². The van der Waals surface area contributed by atoms with E-state index in [0.29, 0.717) is 16.7 Å². The van der Waals surface area contributed by atoms with Crippen molar-refractivity contribution in [1.29, 1.82) is 0 Å². The van der Waals surface area contributed by atoms with E-state index < -0.39 is 23.4 Å². The van der Waals surface area contributed by atoms with Gasteiger partial charge in [0.15, 0.2) is 17.3 Å². The molecule has 0 unspecified atom stereocenters. The Labute approximate surface area is 228 Å². The Hall–Kier alpha value is -4.09. The van der Waals surface area contributed by atoms with Crippen LogP contribution in [0.15, 0.2) is 114 Å². The fourth-order valence-corrected chi connectivity index (χ4v) is 7.00. The minimum atomic E-state index is -1.48. The molecule has 0 amide bonds. The smallest absolute Gasteiger partial charge is 0.185 e. The van der Waals surface area contributed by atoms with Gasteiger partial charge in [0.25, 0.3) is 0 Å². The van der Waals surface area contributed by atoms with E-state index in [4.69, 9.17) is 0 Å². The second-order valence-electron chi connectivity index (χ2n) is 10.0. The van der Waals surface area contributed by atoms with Crippen LogP contribution in [0.2, 0.25) is 0 Å². The SMILES string of the molecule is O=C(c1ccccc1)[C@H]1[C@@H](c2ccc(Br)cc2)C2(C(=O)c3ccccc3C2=O)[C@H]2C=Cc3ccccc3N12. The molecule has 0 aromatic heterocycles. The third-order valence-corrected chi connectivity index (χ3v) is 8.80. The van der Waals surface area contributed by atoms with Gasteiger partial charge in [0.05, 0.1) is 6.04 Å². The van der Waals surface area contributed by atoms with Crippen LogP contribution in [0.4, 0.5) is 5.69 Å². The van der Waals surface area contributed by atoms with E-state index in [1.54, 1.807) is 36.4 Å². The molecule has 7 rings (SSSR count). The molecule has 1 fully saturated rings. The van der Waals surface area contributed by atoms with Crippen LogP contribution in [-0.4, -0.2) is 29.4 Å². The normalized spacial score (nSPS) is 22.3. The van der Waals surface area contributed by atoms with Gasteiger partial charge in [-0.3, -0.25) is 14.4 Å². The molecule has 5 heteroatoms. The number of Topliss-reactive ketones (excluding diaryl/α,β-unsaturated/α-hetero) is 3. The number of carbonyl (C=O) groups excluding carboxylic acids is 3. The fourth-order valence-electron chi connectivity index (χ4n) is 6.73. The number of halogens is 1. The van der Waals surface area contributed by atoms with Gasteiger partial charge in [0.1, 0.15) is 11.5 Å². The predicted molar refractivity (Wildman–Crippen MR) is 151 cm³/mol. The van der Waals surface area contributed by atoms with Crippen molar-refractivity contribution < 1.29 is 14.4 Å². The highest BCUT2D eigenvalue weighted by molar-refractivity contribution is 9.10. The molecule has 1 aliphatic carbocycles. The van der Waals surface area contributed by atoms with Crippen LogP contribution in [0.25, 0.3) is 6.08 Å². The van der Waals surface area contributed by atoms with Gasteiger partial charge in [-0.05, 0) is 29.3 Å². The summed E-state index contributed by atoms with van der Waals surface area (Å²) in [7, 11) is 0. The Bertz CT molecular complexity index is 1620. The van der Waals surface area contributed by atoms with Crippen molar-refractivity contribution in [3.63, 3.8) is 0 Å². The molecule has 4 aromatic carbocycles. The lowest BCUT2D eigenvalue weighted by molar-refractivity contribution is 0.0666. The molecule has 184 valence electrons. The van der Waals surface area contributed by atoms with E-state index in [2.05, 4.69) is 15.9 Å². The third kappa shape index (κ3) is 2.99. The van der Waals surface area contributed by atoms with Gasteiger partial charge in [0, 0.05) is 32.8 Å². The van der Waals surface area contributed by atoms with E-state index in [-0.39, 0.29) is 17.3 Å². The first-order valence-electron chi connectivity index (χ1n) is 12.6. The van der Waals surface area contributed by atoms with Crippen molar-refractivity contribution in [2.45, 2.75) is 18.0 Å². The van der Waals surface area contributed by atoms with Crippen LogP contribution in [-0.2, 0) is 0 Å². The summed E-state index contributed by atoms with van der Waals surface area (Å²) in [4.78, 5) is 45.6. The number of hydrogen-bond donors (Lipinski definition) is 0. The van der Waals surface area contributed by atoms with Gasteiger partial charge in [-0.2, -0.15) is 0 Å². The van der Waals surface area contributed by atoms with Crippen LogP contribution < -0.4 is 4.90 Å². The molecule has 0 N–H and O–H groups in total. The van der Waals surface area contributed by atoms with Crippen molar-refractivity contribution in [2.24, 2.45) is 5.41 Å². The maximum absolute atomic E-state index is 14.6. The standard InChI is InChI=1S/C33H22BrNO3/c34-23-17-14-21(15-18-23)28-29(30(36)22-9-2-1-3-10-22)35-26-13-7-4-8-20(26)16-19-27(35)33(28)31(37)24-11-5-6-12-25(24)32(33)38/h1-19,27-29H/t27-,28-,29-/m1/s1. The molecule has 2 aliphatic heterocycles. The summed E-state index contributed by atoms with van der Waals surface area (Å²) in [6, 6.07) is 30.4. The number of fused-ring (bicyclic) bond motifs is 5. The Morgan fingerprint density at radius 1 is 0.737 bits per heavy atom. The summed E-state index contributed by atoms with van der Waals surface area (Å²) < 4.78 is 0.884. The molecule has 4 nitrogen and oxygen atoms in total. The largest absolute Gasteiger partial charge is 0.352 e. The number of ketones is 3. The lowest BCUT2D eigenvalue weighted by atomic mass is 9.64. The summed E-state index contributed by atoms with van der Waals surface area (Å²) >= 11 is 3.52. The Kier molecular flexibility index (Phi) is 5.14. The lowest BCUT2D eigenvalue weighted by Crippen LogP contribution is -2.48. The summed E-state index contributed by atoms with van der Waals surface area (Å²) in [5, 5.41) is 0. The zero-order valence-corrected chi connectivity index (χ0v) is 21.8. The minimum absolute atomic E-state index is 0.109. The molecule has 0 radical (unpaired) electrons. The van der Waals surface area contributed by atoms with E-state index >= 15 is 0 Å². The Morgan fingerprint density at radius 3 is 2.03 bits per heavy atom. The number of anilines is 1. The molecule has 0 bridgehead atoms. The van der Waals surface area contributed by atoms with Crippen LogP contribution in [0, 0.1) is 5.41 Å². The highest BCUT2D eigenvalue weighted by Gasteiger charge is 2.71. The summed E-state index contributed by atoms with van der Waals surface area (Å²) in [5.74, 6) is -1.24. The third-order valence-electron chi connectivity index (χ3n) is 8.27. The number of para-hydroxylation sites is 1. The first kappa shape index (κ1) is 23.1. The van der Waals surface area contributed by atoms with Crippen LogP contribution in [0.5, 0.6) is 0 Å². The number of hydrogen-bond acceptors (Lipinski definition) is 4. The first-order chi connectivity index (χ1) is 18.5. The number of carbonyl (C=O) groups is 3. The maximum Gasteiger partial charge on any atom is 0.185 e. The van der Waals surface area contributed by atoms with Gasteiger partial charge in [-0.1, -0.05) is 113 Å². The highest BCUT2D eigenvalue weighted by atomic mass is 79.9. The lowest BCUT2D eigenvalue weighted by Gasteiger charge is -2.37. The molecule has 3 atom stereocenters. The Balaban J connectivity index is 1.55. The van der Waals surface area contributed by atoms with E-state index in [1.807, 2.05) is 83.8 Å². The monoisotopic (exact) mass is 559 g/mol. The first-order valence-corrected chi connectivity index (χ1v) is 13.4. The van der Waals surface area contributed by atoms with E-state index in [1.165, 1.54) is 0 Å². The van der Waals surface area contributed by atoms with Gasteiger partial charge in [-0.25, -0.2) is 0 Å². The highest BCUT2D eigenvalue weighted by Crippen LogP contribution is 2.61. The zero-order chi connectivity index (χ0) is 26.0. The quantitative estimate of drug-likeness (QED) is 0.205. The second kappa shape index (κ2) is 8.47. The van der Waals surface area contributed by atoms with Crippen LogP contribution >= 0.6 is 15.9 Å². The number of nitrogens with zero attached hydrogens (tertiary/aromatic N) is 1. The molecule has 0 saturated carbocycles. The van der Waals surface area contributed by atoms with Gasteiger partial charge in [-0.15, -0.1) is 0 Å². The molecule has 1 spiro atoms. The van der Waals surface area contributed by atoms with Crippen LogP contribution in [0.3, 0.4) is 0 Å². The predicted octanol–water partition coefficient (Wildman–Crippen LogP) is 6.77. The summed E-state index contributed by atoms with van der Waals surface area (Å²) in [6.45, 7) is 0. The fraction of sp³-hybridized carbons (Fsp3) is 0.121. The van der Waals surface area contributed by atoms with Gasteiger partial charge in [0.2, 0.25) is 0 Å². The van der Waals surface area contributed by atoms with Crippen LogP contribution in [0.1, 0.15) is 48.1 Å². The van der Waals surface area contributed by atoms with Crippen molar-refractivity contribution in [2.75, 3.05) is 4.90 Å². The summed E-state index contributed by atoms with van der Waals surface area (Å²) in [5.41, 5.74) is 2.53. The maximum atomic E-state index is 14.6. The van der Waals surface area contributed by atoms with Gasteiger partial charge >= 0.3 is 0 Å². The second-order valence-corrected chi connectivity index (χ2v) is 11.0. The number of benzene rings is 4. The van der Waals surface area contributed by atoms with E-state index in [0.717, 1.165) is 21.3 Å². The molecular weight excluding hydrogens is 538 g/mol. The van der Waals surface area contributed by atoms with Crippen molar-refractivity contribution in [1.82, 2.24) is 0 Å². The summed E-state index contributed by atoms with van der Waals surface area (Å²) in [6.07, 6.45) is 3.93. The zero-order valence-electron chi connectivity index (χ0n) is 20.3. The average Bonchev–Trinajstić information content (AvgIpc) is 3.40. The van der Waals surface area contributed by atoms with Gasteiger partial charge < -0.3 is 4.90 Å². The minimum Gasteiger partial charge on any atom is -0.352 e. The molecule has 38 heavy (non-hydrogen) atoms. The molecule has 3 aliphatic rings. The van der Waals surface area contributed by atoms with Crippen molar-refractivity contribution in [3.8, 4) is 0 Å². The molecule has 2 heterocycles. The van der Waals surface area contributed by atoms with Crippen molar-refractivity contribution >= 4 is 45.0 Å². The number of rotatable bonds is 3. The average molecular weight is 560 g/mol.